The first-order chi connectivity index (χ1) is 32.9. The van der Waals surface area contributed by atoms with Gasteiger partial charge in [-0.2, -0.15) is 0 Å². The number of rotatable bonds is 10. The molecule has 0 saturated carbocycles. The summed E-state index contributed by atoms with van der Waals surface area (Å²) in [6, 6.07) is 29.7. The smallest absolute Gasteiger partial charge is 0.414 e. The summed E-state index contributed by atoms with van der Waals surface area (Å²) in [7, 11) is -7.47. The highest BCUT2D eigenvalue weighted by Gasteiger charge is 2.26. The number of phenolic OH excluding ortho intramolecular Hbond substituents is 1. The summed E-state index contributed by atoms with van der Waals surface area (Å²) in [5.74, 6) is -3.72. The molecule has 2 heterocycles. The first-order valence-corrected chi connectivity index (χ1v) is 28.1. The van der Waals surface area contributed by atoms with Crippen LogP contribution in [0.4, 0.5) is 11.4 Å². The van der Waals surface area contributed by atoms with Crippen molar-refractivity contribution in [2.45, 2.75) is 82.2 Å². The van der Waals surface area contributed by atoms with Crippen molar-refractivity contribution in [1.29, 1.82) is 0 Å². The van der Waals surface area contributed by atoms with Gasteiger partial charge in [0, 0.05) is 30.0 Å². The zero-order valence-corrected chi connectivity index (χ0v) is 48.0. The number of sulfonamides is 2. The number of hydrogen-bond acceptors (Lipinski definition) is 9. The normalized spacial score (nSPS) is 15.0. The van der Waals surface area contributed by atoms with Gasteiger partial charge in [-0.15, -0.1) is 12.4 Å². The van der Waals surface area contributed by atoms with Gasteiger partial charge in [-0.25, -0.2) is 26.4 Å². The number of fused-ring (bicyclic) bond motifs is 2. The number of carboxylic acid groups (broad SMARTS) is 2. The van der Waals surface area contributed by atoms with Crippen molar-refractivity contribution in [2.75, 3.05) is 22.5 Å². The molecule has 6 aromatic rings. The lowest BCUT2D eigenvalue weighted by atomic mass is 9.88. The van der Waals surface area contributed by atoms with Gasteiger partial charge in [0.1, 0.15) is 5.75 Å². The molecule has 7 N–H and O–H groups in total. The molecule has 0 fully saturated rings. The molecule has 0 aromatic heterocycles. The highest BCUT2D eigenvalue weighted by molar-refractivity contribution is 9.11. The van der Waals surface area contributed by atoms with E-state index in [-0.39, 0.29) is 45.7 Å². The van der Waals surface area contributed by atoms with Crippen LogP contribution in [0.1, 0.15) is 73.3 Å². The number of aryl methyl sites for hydroxylation is 3. The summed E-state index contributed by atoms with van der Waals surface area (Å²) in [6.07, 6.45) is 3.25. The van der Waals surface area contributed by atoms with Crippen LogP contribution in [-0.2, 0) is 55.3 Å². The molecule has 0 radical (unpaired) electrons. The Kier molecular flexibility index (Phi) is 20.0. The van der Waals surface area contributed by atoms with Crippen molar-refractivity contribution in [1.82, 2.24) is 10.6 Å². The molecule has 2 aliphatic rings. The Labute approximate surface area is 454 Å². The fourth-order valence-electron chi connectivity index (χ4n) is 8.00. The summed E-state index contributed by atoms with van der Waals surface area (Å²) < 4.78 is 61.3. The molecule has 2 atom stereocenters. The van der Waals surface area contributed by atoms with E-state index in [0.29, 0.717) is 5.69 Å². The van der Waals surface area contributed by atoms with Crippen LogP contribution in [0.3, 0.4) is 0 Å². The molecule has 6 aromatic carbocycles. The van der Waals surface area contributed by atoms with Crippen LogP contribution >= 0.6 is 76.1 Å². The predicted octanol–water partition coefficient (Wildman–Crippen LogP) is 11.7. The highest BCUT2D eigenvalue weighted by atomic mass is 79.9. The van der Waals surface area contributed by atoms with Crippen LogP contribution in [0.25, 0.3) is 0 Å². The first-order valence-electron chi connectivity index (χ1n) is 21.9. The quantitative estimate of drug-likeness (QED) is 0.0507. The zero-order valence-electron chi connectivity index (χ0n) is 39.2. The maximum atomic E-state index is 13.0. The number of anilines is 2. The summed E-state index contributed by atoms with van der Waals surface area (Å²) in [5.41, 5.74) is 12.9. The number of aliphatic carboxylic acids is 2. The van der Waals surface area contributed by atoms with Crippen LogP contribution in [0.5, 0.6) is 5.75 Å². The van der Waals surface area contributed by atoms with Crippen LogP contribution in [0.15, 0.2) is 125 Å². The SMILES string of the molecule is Cc1ccc(S(=O)(=O)Nc2cc3c(cc2C)CCNC3Cc2cc(Br)c(C)c(Br)c2)cc1.Cc1ccc(S(=O)(=O)Nc2cc3c(cc2O)CCNC3Cc2cc(Br)c(C)c(Br)c2)cc1.Cl.O=C(O)C(=O)O. The number of carbonyl (C=O) groups is 2. The molecule has 71 heavy (non-hydrogen) atoms. The van der Waals surface area contributed by atoms with Crippen molar-refractivity contribution in [3.63, 3.8) is 0 Å². The second-order valence-electron chi connectivity index (χ2n) is 17.2. The molecule has 0 spiro atoms. The minimum Gasteiger partial charge on any atom is -0.506 e. The molecular weight excluding hydrogens is 1230 g/mol. The van der Waals surface area contributed by atoms with E-state index < -0.39 is 32.0 Å². The van der Waals surface area contributed by atoms with Crippen molar-refractivity contribution in [2.24, 2.45) is 0 Å². The second kappa shape index (κ2) is 24.6. The van der Waals surface area contributed by atoms with Crippen LogP contribution < -0.4 is 20.1 Å². The van der Waals surface area contributed by atoms with E-state index in [2.05, 4.69) is 121 Å². The Morgan fingerprint density at radius 2 is 0.915 bits per heavy atom. The van der Waals surface area contributed by atoms with E-state index in [1.165, 1.54) is 16.7 Å². The van der Waals surface area contributed by atoms with E-state index in [1.807, 2.05) is 45.9 Å². The third-order valence-corrected chi connectivity index (χ3v) is 18.0. The third-order valence-electron chi connectivity index (χ3n) is 12.0. The fourth-order valence-corrected chi connectivity index (χ4v) is 12.7. The van der Waals surface area contributed by atoms with Gasteiger partial charge in [0.05, 0.1) is 21.2 Å². The molecular formula is C51H53Br4ClN4O9S2. The maximum absolute atomic E-state index is 13.0. The molecule has 0 amide bonds. The Morgan fingerprint density at radius 1 is 0.563 bits per heavy atom. The number of aromatic hydroxyl groups is 1. The van der Waals surface area contributed by atoms with Crippen LogP contribution in [-0.4, -0.2) is 57.2 Å². The molecule has 0 aliphatic carbocycles. The van der Waals surface area contributed by atoms with Gasteiger partial charge in [-0.05, 0) is 190 Å². The van der Waals surface area contributed by atoms with E-state index in [9.17, 15) is 21.9 Å². The lowest BCUT2D eigenvalue weighted by molar-refractivity contribution is -0.159. The number of hydrogen-bond donors (Lipinski definition) is 7. The van der Waals surface area contributed by atoms with Gasteiger partial charge < -0.3 is 26.0 Å². The summed E-state index contributed by atoms with van der Waals surface area (Å²) in [5, 5.41) is 32.5. The molecule has 0 bridgehead atoms. The lowest BCUT2D eigenvalue weighted by Crippen LogP contribution is -2.31. The van der Waals surface area contributed by atoms with E-state index in [0.717, 1.165) is 101 Å². The van der Waals surface area contributed by atoms with Gasteiger partial charge in [0.15, 0.2) is 0 Å². The molecule has 2 aliphatic heterocycles. The van der Waals surface area contributed by atoms with Gasteiger partial charge in [0.25, 0.3) is 20.0 Å². The van der Waals surface area contributed by atoms with Gasteiger partial charge in [-0.3, -0.25) is 9.44 Å². The molecule has 13 nitrogen and oxygen atoms in total. The van der Waals surface area contributed by atoms with E-state index in [1.54, 1.807) is 48.5 Å². The standard InChI is InChI=1S/C25H26Br2N2O2S.C24H24Br2N2O3S.C2H2O4.ClH/c1-15-4-6-20(7-5-15)32(30,31)29-24-14-21-19(10-16(24)2)8-9-28-25(21)13-18-11-22(26)17(3)23(27)12-18;1-14-3-5-18(6-4-14)32(30,31)28-23-13-19-17(12-24(23)29)7-8-27-22(19)11-16-9-20(25)15(2)21(26)10-16;3-1(4)2(5)6;/h4-7,10-12,14,25,28-29H,8-9,13H2,1-3H3;3-6,9-10,12-13,22,27-29H,7-8,11H2,1-2H3;(H,3,4)(H,5,6);1H. The fraction of sp³-hybridized carbons (Fsp3) is 0.255. The Balaban J connectivity index is 0.000000234. The number of phenols is 1. The molecule has 378 valence electrons. The largest absolute Gasteiger partial charge is 0.506 e. The zero-order chi connectivity index (χ0) is 51.2. The number of carboxylic acids is 2. The van der Waals surface area contributed by atoms with Gasteiger partial charge in [-0.1, -0.05) is 105 Å². The predicted molar refractivity (Wildman–Crippen MR) is 295 cm³/mol. The van der Waals surface area contributed by atoms with Gasteiger partial charge in [0.2, 0.25) is 0 Å². The van der Waals surface area contributed by atoms with Gasteiger partial charge >= 0.3 is 11.9 Å². The molecule has 2 unspecified atom stereocenters. The molecule has 20 heteroatoms. The highest BCUT2D eigenvalue weighted by Crippen LogP contribution is 2.38. The van der Waals surface area contributed by atoms with Crippen LogP contribution in [0, 0.1) is 34.6 Å². The van der Waals surface area contributed by atoms with Crippen LogP contribution in [0.2, 0.25) is 0 Å². The summed E-state index contributed by atoms with van der Waals surface area (Å²) >= 11 is 14.5. The third kappa shape index (κ3) is 14.9. The number of nitrogens with one attached hydrogen (secondary N) is 4. The molecule has 0 saturated heterocycles. The van der Waals surface area contributed by atoms with Crippen molar-refractivity contribution in [3.8, 4) is 5.75 Å². The van der Waals surface area contributed by atoms with Crippen molar-refractivity contribution in [3.05, 3.63) is 176 Å². The second-order valence-corrected chi connectivity index (χ2v) is 24.0. The average Bonchev–Trinajstić information content (AvgIpc) is 3.29. The lowest BCUT2D eigenvalue weighted by Gasteiger charge is -2.29. The maximum Gasteiger partial charge on any atom is 0.414 e. The van der Waals surface area contributed by atoms with E-state index in [4.69, 9.17) is 19.8 Å². The minimum atomic E-state index is -3.81. The summed E-state index contributed by atoms with van der Waals surface area (Å²) in [6.45, 7) is 11.6. The Hall–Kier alpha value is -4.31. The summed E-state index contributed by atoms with van der Waals surface area (Å²) in [4.78, 5) is 18.6. The van der Waals surface area contributed by atoms with Crippen molar-refractivity contribution < 1.29 is 41.7 Å². The monoisotopic (exact) mass is 1280 g/mol. The van der Waals surface area contributed by atoms with E-state index >= 15 is 0 Å². The Bertz CT molecular complexity index is 2920. The number of halogens is 5. The first kappa shape index (κ1) is 57.6. The Morgan fingerprint density at radius 3 is 1.30 bits per heavy atom. The van der Waals surface area contributed by atoms with Crippen molar-refractivity contribution >= 4 is 119 Å². The number of benzene rings is 6. The average molecular weight is 1290 g/mol. The topological polar surface area (TPSA) is 211 Å². The minimum absolute atomic E-state index is 0. The molecule has 8 rings (SSSR count).